The van der Waals surface area contributed by atoms with Gasteiger partial charge in [0.2, 0.25) is 0 Å². The van der Waals surface area contributed by atoms with E-state index in [4.69, 9.17) is 27.9 Å². The van der Waals surface area contributed by atoms with E-state index >= 15 is 0 Å². The van der Waals surface area contributed by atoms with Crippen molar-refractivity contribution in [1.29, 1.82) is 0 Å². The molecule has 2 heterocycles. The number of likely N-dealkylation sites (tertiary alicyclic amines) is 1. The van der Waals surface area contributed by atoms with E-state index in [1.165, 1.54) is 19.3 Å². The molecule has 0 saturated carbocycles. The number of ether oxygens (including phenoxy) is 1. The van der Waals surface area contributed by atoms with Crippen LogP contribution in [-0.2, 0) is 4.74 Å². The van der Waals surface area contributed by atoms with Crippen molar-refractivity contribution in [3.05, 3.63) is 33.8 Å². The molecule has 0 radical (unpaired) electrons. The fraction of sp³-hybridized carbons (Fsp3) is 0.611. The first-order valence-electron chi connectivity index (χ1n) is 8.72. The minimum Gasteiger partial charge on any atom is -0.375 e. The Morgan fingerprint density at radius 3 is 2.62 bits per heavy atom. The van der Waals surface area contributed by atoms with Crippen LogP contribution in [0.5, 0.6) is 0 Å². The Balaban J connectivity index is 1.64. The van der Waals surface area contributed by atoms with Crippen LogP contribution in [0.2, 0.25) is 10.0 Å². The van der Waals surface area contributed by atoms with Crippen LogP contribution in [-0.4, -0.2) is 61.1 Å². The van der Waals surface area contributed by atoms with E-state index in [2.05, 4.69) is 4.90 Å². The van der Waals surface area contributed by atoms with Crippen LogP contribution in [0.3, 0.4) is 0 Å². The molecule has 0 spiro atoms. The summed E-state index contributed by atoms with van der Waals surface area (Å²) in [6.07, 6.45) is 4.79. The van der Waals surface area contributed by atoms with Gasteiger partial charge in [-0.3, -0.25) is 4.79 Å². The lowest BCUT2D eigenvalue weighted by Crippen LogP contribution is -2.43. The SMILES string of the molecule is O=C(c1ccc(Cl)c(Cl)c1)N1CCCO[C@H](CN2CCCCC2)C1. The molecule has 132 valence electrons. The normalized spacial score (nSPS) is 23.1. The molecule has 1 amide bonds. The van der Waals surface area contributed by atoms with E-state index in [0.717, 1.165) is 32.6 Å². The molecule has 1 aromatic carbocycles. The zero-order valence-electron chi connectivity index (χ0n) is 13.8. The van der Waals surface area contributed by atoms with Crippen molar-refractivity contribution in [2.75, 3.05) is 39.3 Å². The monoisotopic (exact) mass is 370 g/mol. The van der Waals surface area contributed by atoms with Crippen LogP contribution in [0, 0.1) is 0 Å². The second-order valence-electron chi connectivity index (χ2n) is 6.59. The first-order chi connectivity index (χ1) is 11.6. The first kappa shape index (κ1) is 18.0. The van der Waals surface area contributed by atoms with Gasteiger partial charge in [-0.2, -0.15) is 0 Å². The Kier molecular flexibility index (Phi) is 6.39. The highest BCUT2D eigenvalue weighted by atomic mass is 35.5. The maximum Gasteiger partial charge on any atom is 0.253 e. The lowest BCUT2D eigenvalue weighted by molar-refractivity contribution is 0.0216. The van der Waals surface area contributed by atoms with Crippen LogP contribution in [0.15, 0.2) is 18.2 Å². The molecule has 0 unspecified atom stereocenters. The molecular formula is C18H24Cl2N2O2. The third-order valence-corrected chi connectivity index (χ3v) is 5.45. The summed E-state index contributed by atoms with van der Waals surface area (Å²) in [5.74, 6) is 0.00251. The molecule has 0 bridgehead atoms. The Labute approximate surface area is 153 Å². The highest BCUT2D eigenvalue weighted by Crippen LogP contribution is 2.24. The third-order valence-electron chi connectivity index (χ3n) is 4.71. The average Bonchev–Trinajstić information content (AvgIpc) is 2.83. The second-order valence-corrected chi connectivity index (χ2v) is 7.40. The highest BCUT2D eigenvalue weighted by molar-refractivity contribution is 6.42. The number of hydrogen-bond acceptors (Lipinski definition) is 3. The van der Waals surface area contributed by atoms with Crippen molar-refractivity contribution in [2.24, 2.45) is 0 Å². The fourth-order valence-corrected chi connectivity index (χ4v) is 3.73. The number of amides is 1. The predicted molar refractivity (Wildman–Crippen MR) is 97.0 cm³/mol. The topological polar surface area (TPSA) is 32.8 Å². The summed E-state index contributed by atoms with van der Waals surface area (Å²) in [6.45, 7) is 5.25. The molecule has 0 aliphatic carbocycles. The molecule has 24 heavy (non-hydrogen) atoms. The van der Waals surface area contributed by atoms with Crippen LogP contribution in [0.4, 0.5) is 0 Å². The van der Waals surface area contributed by atoms with Gasteiger partial charge in [0.1, 0.15) is 0 Å². The smallest absolute Gasteiger partial charge is 0.253 e. The maximum absolute atomic E-state index is 12.8. The zero-order chi connectivity index (χ0) is 16.9. The van der Waals surface area contributed by atoms with Gasteiger partial charge in [-0.05, 0) is 50.6 Å². The van der Waals surface area contributed by atoms with Gasteiger partial charge in [0.05, 0.1) is 16.1 Å². The van der Waals surface area contributed by atoms with Crippen molar-refractivity contribution in [3.8, 4) is 0 Å². The van der Waals surface area contributed by atoms with E-state index in [-0.39, 0.29) is 12.0 Å². The van der Waals surface area contributed by atoms with E-state index in [9.17, 15) is 4.79 Å². The molecule has 0 N–H and O–H groups in total. The maximum atomic E-state index is 12.8. The van der Waals surface area contributed by atoms with Crippen LogP contribution in [0.25, 0.3) is 0 Å². The van der Waals surface area contributed by atoms with E-state index in [1.807, 2.05) is 4.90 Å². The molecule has 2 aliphatic rings. The first-order valence-corrected chi connectivity index (χ1v) is 9.47. The van der Waals surface area contributed by atoms with Crippen LogP contribution < -0.4 is 0 Å². The molecule has 2 saturated heterocycles. The Morgan fingerprint density at radius 1 is 1.08 bits per heavy atom. The van der Waals surface area contributed by atoms with Crippen LogP contribution in [0.1, 0.15) is 36.0 Å². The number of nitrogens with zero attached hydrogens (tertiary/aromatic N) is 2. The molecule has 4 nitrogen and oxygen atoms in total. The minimum atomic E-state index is 0.00251. The molecule has 0 aromatic heterocycles. The molecule has 2 fully saturated rings. The number of rotatable bonds is 3. The summed E-state index contributed by atoms with van der Waals surface area (Å²) in [5.41, 5.74) is 0.586. The second kappa shape index (κ2) is 8.52. The fourth-order valence-electron chi connectivity index (χ4n) is 3.43. The summed E-state index contributed by atoms with van der Waals surface area (Å²) < 4.78 is 5.98. The summed E-state index contributed by atoms with van der Waals surface area (Å²) in [7, 11) is 0. The third kappa shape index (κ3) is 4.63. The van der Waals surface area contributed by atoms with Crippen molar-refractivity contribution < 1.29 is 9.53 Å². The van der Waals surface area contributed by atoms with Gasteiger partial charge in [0, 0.05) is 31.8 Å². The number of carbonyl (C=O) groups is 1. The summed E-state index contributed by atoms with van der Waals surface area (Å²) >= 11 is 12.0. The molecule has 2 aliphatic heterocycles. The number of carbonyl (C=O) groups excluding carboxylic acids is 1. The largest absolute Gasteiger partial charge is 0.375 e. The lowest BCUT2D eigenvalue weighted by Gasteiger charge is -2.31. The predicted octanol–water partition coefficient (Wildman–Crippen LogP) is 3.71. The average molecular weight is 371 g/mol. The standard InChI is InChI=1S/C18H24Cl2N2O2/c19-16-6-5-14(11-17(16)20)18(23)22-9-4-10-24-15(13-22)12-21-7-2-1-3-8-21/h5-6,11,15H,1-4,7-10,12-13H2/t15-/m1/s1. The minimum absolute atomic E-state index is 0.00251. The lowest BCUT2D eigenvalue weighted by atomic mass is 10.1. The molecule has 1 aromatic rings. The highest BCUT2D eigenvalue weighted by Gasteiger charge is 2.25. The number of halogens is 2. The van der Waals surface area contributed by atoms with Crippen LogP contribution >= 0.6 is 23.2 Å². The summed E-state index contributed by atoms with van der Waals surface area (Å²) in [4.78, 5) is 17.2. The van der Waals surface area contributed by atoms with Crippen molar-refractivity contribution in [1.82, 2.24) is 9.80 Å². The number of hydrogen-bond donors (Lipinski definition) is 0. The van der Waals surface area contributed by atoms with Crippen molar-refractivity contribution in [3.63, 3.8) is 0 Å². The van der Waals surface area contributed by atoms with Gasteiger partial charge in [-0.25, -0.2) is 0 Å². The Hall–Kier alpha value is -0.810. The van der Waals surface area contributed by atoms with E-state index in [1.54, 1.807) is 18.2 Å². The van der Waals surface area contributed by atoms with Gasteiger partial charge in [-0.1, -0.05) is 29.6 Å². The van der Waals surface area contributed by atoms with Gasteiger partial charge in [0.15, 0.2) is 0 Å². The summed E-state index contributed by atoms with van der Waals surface area (Å²) in [5, 5.41) is 0.883. The number of benzene rings is 1. The van der Waals surface area contributed by atoms with Gasteiger partial charge in [-0.15, -0.1) is 0 Å². The quantitative estimate of drug-likeness (QED) is 0.812. The van der Waals surface area contributed by atoms with Crippen molar-refractivity contribution >= 4 is 29.1 Å². The summed E-state index contributed by atoms with van der Waals surface area (Å²) in [6, 6.07) is 5.07. The van der Waals surface area contributed by atoms with Gasteiger partial charge >= 0.3 is 0 Å². The molecular weight excluding hydrogens is 347 g/mol. The van der Waals surface area contributed by atoms with E-state index < -0.39 is 0 Å². The number of piperidine rings is 1. The van der Waals surface area contributed by atoms with E-state index in [0.29, 0.717) is 28.8 Å². The van der Waals surface area contributed by atoms with Crippen molar-refractivity contribution in [2.45, 2.75) is 31.8 Å². The van der Waals surface area contributed by atoms with Gasteiger partial charge in [0.25, 0.3) is 5.91 Å². The molecule has 1 atom stereocenters. The Morgan fingerprint density at radius 2 is 1.88 bits per heavy atom. The Bertz CT molecular complexity index is 576. The molecule has 3 rings (SSSR count). The zero-order valence-corrected chi connectivity index (χ0v) is 15.4. The molecule has 6 heteroatoms. The van der Waals surface area contributed by atoms with Gasteiger partial charge < -0.3 is 14.5 Å².